The Morgan fingerprint density at radius 2 is 2.12 bits per heavy atom. The minimum atomic E-state index is -4.54. The molecule has 5 rings (SSSR count). The van der Waals surface area contributed by atoms with Crippen LogP contribution in [0.3, 0.4) is 0 Å². The summed E-state index contributed by atoms with van der Waals surface area (Å²) in [6, 6.07) is 3.54. The van der Waals surface area contributed by atoms with Crippen molar-refractivity contribution in [3.8, 4) is 10.7 Å². The number of hydrogen-bond donors (Lipinski definition) is 4. The highest BCUT2D eigenvalue weighted by molar-refractivity contribution is 8.00. The molecular formula is C19H18F4N6O2S2. The summed E-state index contributed by atoms with van der Waals surface area (Å²) in [6.07, 6.45) is -0.567. The molecule has 4 N–H and O–H groups in total. The van der Waals surface area contributed by atoms with E-state index in [-0.39, 0.29) is 46.3 Å². The number of halogens is 4. The van der Waals surface area contributed by atoms with Gasteiger partial charge in [-0.2, -0.15) is 18.2 Å². The second kappa shape index (κ2) is 8.65. The van der Waals surface area contributed by atoms with Crippen molar-refractivity contribution in [2.75, 3.05) is 25.0 Å². The normalized spacial score (nSPS) is 23.5. The standard InChI is InChI=1S/C19H18F4N6O2S2/c20-9-6-24-5-4-10(9)26-11-3-1-2-8-13(11)32-15(14(8)33-19(21,22)23)16-28-17(31-29-16)12-7-25-18(30)27-12/h1-3,9-10,12,24,26H,4-7H2,(H2,25,27,30). The number of nitrogens with one attached hydrogen (secondary N) is 4. The van der Waals surface area contributed by atoms with Crippen LogP contribution >= 0.6 is 23.1 Å². The first-order valence-corrected chi connectivity index (χ1v) is 11.7. The van der Waals surface area contributed by atoms with E-state index in [0.29, 0.717) is 28.7 Å². The lowest BCUT2D eigenvalue weighted by atomic mass is 10.0. The molecule has 0 bridgehead atoms. The highest BCUT2D eigenvalue weighted by Gasteiger charge is 2.35. The molecule has 0 saturated carbocycles. The fraction of sp³-hybridized carbons (Fsp3) is 0.421. The van der Waals surface area contributed by atoms with Crippen LogP contribution in [0.15, 0.2) is 27.6 Å². The third-order valence-electron chi connectivity index (χ3n) is 5.35. The van der Waals surface area contributed by atoms with Crippen LogP contribution in [0.1, 0.15) is 18.4 Å². The van der Waals surface area contributed by atoms with Crippen LogP contribution in [-0.4, -0.2) is 53.5 Å². The third kappa shape index (κ3) is 4.59. The molecule has 3 aromatic rings. The monoisotopic (exact) mass is 502 g/mol. The molecule has 2 aliphatic rings. The Hall–Kier alpha value is -2.58. The van der Waals surface area contributed by atoms with Crippen LogP contribution in [-0.2, 0) is 0 Å². The topological polar surface area (TPSA) is 104 Å². The van der Waals surface area contributed by atoms with Gasteiger partial charge in [-0.1, -0.05) is 17.3 Å². The zero-order valence-electron chi connectivity index (χ0n) is 16.8. The van der Waals surface area contributed by atoms with Crippen LogP contribution < -0.4 is 21.3 Å². The molecule has 176 valence electrons. The molecule has 0 aliphatic carbocycles. The molecule has 4 heterocycles. The smallest absolute Gasteiger partial charge is 0.378 e. The maximum absolute atomic E-state index is 14.3. The van der Waals surface area contributed by atoms with Crippen molar-refractivity contribution in [2.45, 2.75) is 35.1 Å². The number of fused-ring (bicyclic) bond motifs is 1. The molecule has 2 fully saturated rings. The number of carbonyl (C=O) groups excluding carboxylic acids is 1. The van der Waals surface area contributed by atoms with Gasteiger partial charge in [0.2, 0.25) is 5.82 Å². The lowest BCUT2D eigenvalue weighted by molar-refractivity contribution is -0.0327. The summed E-state index contributed by atoms with van der Waals surface area (Å²) in [5.41, 5.74) is -3.99. The Morgan fingerprint density at radius 3 is 2.85 bits per heavy atom. The summed E-state index contributed by atoms with van der Waals surface area (Å²) >= 11 is 0.832. The quantitative estimate of drug-likeness (QED) is 0.309. The summed E-state index contributed by atoms with van der Waals surface area (Å²) < 4.78 is 60.4. The minimum Gasteiger partial charge on any atom is -0.378 e. The largest absolute Gasteiger partial charge is 0.446 e. The maximum Gasteiger partial charge on any atom is 0.446 e. The molecule has 0 spiro atoms. The number of rotatable bonds is 5. The van der Waals surface area contributed by atoms with E-state index in [2.05, 4.69) is 31.4 Å². The van der Waals surface area contributed by atoms with Crippen molar-refractivity contribution in [3.05, 3.63) is 24.1 Å². The number of amides is 2. The van der Waals surface area contributed by atoms with E-state index < -0.39 is 29.8 Å². The Kier molecular flexibility index (Phi) is 5.82. The van der Waals surface area contributed by atoms with Crippen LogP contribution in [0.25, 0.3) is 20.8 Å². The number of benzene rings is 1. The first-order chi connectivity index (χ1) is 15.8. The number of anilines is 1. The number of hydrogen-bond acceptors (Lipinski definition) is 8. The van der Waals surface area contributed by atoms with E-state index in [1.165, 1.54) is 0 Å². The van der Waals surface area contributed by atoms with E-state index in [9.17, 15) is 22.4 Å². The molecule has 3 unspecified atom stereocenters. The first-order valence-electron chi connectivity index (χ1n) is 10.1. The Morgan fingerprint density at radius 1 is 1.27 bits per heavy atom. The number of carbonyl (C=O) groups is 1. The molecule has 0 radical (unpaired) electrons. The second-order valence-corrected chi connectivity index (χ2v) is 9.71. The minimum absolute atomic E-state index is 0.00437. The zero-order chi connectivity index (χ0) is 23.2. The van der Waals surface area contributed by atoms with Crippen molar-refractivity contribution < 1.29 is 26.9 Å². The zero-order valence-corrected chi connectivity index (χ0v) is 18.5. The van der Waals surface area contributed by atoms with Gasteiger partial charge < -0.3 is 25.8 Å². The van der Waals surface area contributed by atoms with E-state index in [4.69, 9.17) is 4.52 Å². The average molecular weight is 503 g/mol. The summed E-state index contributed by atoms with van der Waals surface area (Å²) in [6.45, 7) is 1.10. The van der Waals surface area contributed by atoms with Gasteiger partial charge in [0.05, 0.1) is 21.3 Å². The predicted molar refractivity (Wildman–Crippen MR) is 116 cm³/mol. The molecule has 2 aromatic heterocycles. The van der Waals surface area contributed by atoms with E-state index in [1.807, 2.05) is 0 Å². The van der Waals surface area contributed by atoms with Crippen LogP contribution in [0.2, 0.25) is 0 Å². The van der Waals surface area contributed by atoms with Gasteiger partial charge in [-0.15, -0.1) is 11.3 Å². The number of nitrogens with zero attached hydrogens (tertiary/aromatic N) is 2. The van der Waals surface area contributed by atoms with Gasteiger partial charge >= 0.3 is 11.5 Å². The first kappa shape index (κ1) is 22.2. The average Bonchev–Trinajstić information content (AvgIpc) is 3.48. The molecule has 2 amide bonds. The van der Waals surface area contributed by atoms with Gasteiger partial charge in [0.1, 0.15) is 12.2 Å². The number of thiophene rings is 1. The SMILES string of the molecule is O=C1NCC(c2nc(-c3sc4c(NC5CCNCC5F)cccc4c3SC(F)(F)F)no2)N1. The van der Waals surface area contributed by atoms with E-state index in [0.717, 1.165) is 11.3 Å². The molecule has 33 heavy (non-hydrogen) atoms. The number of urea groups is 1. The van der Waals surface area contributed by atoms with Crippen molar-refractivity contribution in [1.29, 1.82) is 0 Å². The van der Waals surface area contributed by atoms with Crippen molar-refractivity contribution >= 4 is 44.9 Å². The molecule has 3 atom stereocenters. The van der Waals surface area contributed by atoms with Crippen LogP contribution in [0.5, 0.6) is 0 Å². The highest BCUT2D eigenvalue weighted by atomic mass is 32.2. The van der Waals surface area contributed by atoms with E-state index >= 15 is 0 Å². The van der Waals surface area contributed by atoms with Gasteiger partial charge in [-0.3, -0.25) is 0 Å². The summed E-state index contributed by atoms with van der Waals surface area (Å²) in [5.74, 6) is 0.0902. The number of thioether (sulfide) groups is 1. The highest BCUT2D eigenvalue weighted by Crippen LogP contribution is 2.50. The van der Waals surface area contributed by atoms with Gasteiger partial charge in [0, 0.05) is 23.4 Å². The second-order valence-electron chi connectivity index (χ2n) is 7.61. The summed E-state index contributed by atoms with van der Waals surface area (Å²) in [7, 11) is 0. The molecule has 14 heteroatoms. The Balaban J connectivity index is 1.55. The molecule has 2 saturated heterocycles. The van der Waals surface area contributed by atoms with Crippen molar-refractivity contribution in [3.63, 3.8) is 0 Å². The van der Waals surface area contributed by atoms with Gasteiger partial charge in [0.15, 0.2) is 0 Å². The van der Waals surface area contributed by atoms with Gasteiger partial charge in [-0.05, 0) is 30.8 Å². The maximum atomic E-state index is 14.3. The van der Waals surface area contributed by atoms with Crippen molar-refractivity contribution in [2.24, 2.45) is 0 Å². The molecule has 8 nitrogen and oxygen atoms in total. The van der Waals surface area contributed by atoms with Crippen LogP contribution in [0, 0.1) is 0 Å². The number of aromatic nitrogens is 2. The third-order valence-corrected chi connectivity index (χ3v) is 7.58. The van der Waals surface area contributed by atoms with Gasteiger partial charge in [-0.25, -0.2) is 9.18 Å². The van der Waals surface area contributed by atoms with E-state index in [1.54, 1.807) is 18.2 Å². The lowest BCUT2D eigenvalue weighted by Gasteiger charge is -2.28. The molecule has 2 aliphatic heterocycles. The molecular weight excluding hydrogens is 484 g/mol. The van der Waals surface area contributed by atoms with Crippen molar-refractivity contribution in [1.82, 2.24) is 26.1 Å². The van der Waals surface area contributed by atoms with Crippen LogP contribution in [0.4, 0.5) is 28.0 Å². The fourth-order valence-corrected chi connectivity index (χ4v) is 5.94. The Labute approximate surface area is 192 Å². The lowest BCUT2D eigenvalue weighted by Crippen LogP contribution is -2.45. The van der Waals surface area contributed by atoms with Gasteiger partial charge in [0.25, 0.3) is 5.89 Å². The summed E-state index contributed by atoms with van der Waals surface area (Å²) in [4.78, 5) is 15.8. The predicted octanol–water partition coefficient (Wildman–Crippen LogP) is 4.03. The number of alkyl halides is 4. The number of piperidine rings is 1. The fourth-order valence-electron chi connectivity index (χ4n) is 3.83. The molecule has 1 aromatic carbocycles. The Bertz CT molecular complexity index is 1180. The summed E-state index contributed by atoms with van der Waals surface area (Å²) in [5, 5.41) is 15.5.